The van der Waals surface area contributed by atoms with Gasteiger partial charge in [-0.05, 0) is 49.3 Å². The highest BCUT2D eigenvalue weighted by Gasteiger charge is 2.10. The second kappa shape index (κ2) is 9.22. The molecule has 2 atom stereocenters. The van der Waals surface area contributed by atoms with Gasteiger partial charge < -0.3 is 10.5 Å². The van der Waals surface area contributed by atoms with Crippen LogP contribution in [0.3, 0.4) is 0 Å². The Morgan fingerprint density at radius 1 is 1.21 bits per heavy atom. The highest BCUT2D eigenvalue weighted by atomic mass is 35.5. The Bertz CT molecular complexity index is 366. The average molecular weight is 286 g/mol. The zero-order valence-electron chi connectivity index (χ0n) is 12.6. The predicted octanol–water partition coefficient (Wildman–Crippen LogP) is 4.30. The second-order valence-electron chi connectivity index (χ2n) is 5.21. The van der Waals surface area contributed by atoms with Crippen molar-refractivity contribution in [1.29, 1.82) is 0 Å². The van der Waals surface area contributed by atoms with Gasteiger partial charge in [-0.3, -0.25) is 0 Å². The Morgan fingerprint density at radius 2 is 1.89 bits per heavy atom. The first-order chi connectivity index (χ1) is 8.58. The van der Waals surface area contributed by atoms with E-state index in [-0.39, 0.29) is 18.4 Å². The van der Waals surface area contributed by atoms with Crippen LogP contribution in [0.15, 0.2) is 18.2 Å². The Labute approximate surface area is 124 Å². The van der Waals surface area contributed by atoms with Gasteiger partial charge in [-0.2, -0.15) is 0 Å². The Morgan fingerprint density at radius 3 is 2.42 bits per heavy atom. The molecule has 1 aromatic rings. The van der Waals surface area contributed by atoms with Crippen molar-refractivity contribution < 1.29 is 4.74 Å². The summed E-state index contributed by atoms with van der Waals surface area (Å²) in [6, 6.07) is 6.72. The fraction of sp³-hybridized carbons (Fsp3) is 0.625. The molecule has 0 aliphatic rings. The molecular weight excluding hydrogens is 258 g/mol. The molecule has 0 aliphatic heterocycles. The number of benzene rings is 1. The summed E-state index contributed by atoms with van der Waals surface area (Å²) >= 11 is 0. The van der Waals surface area contributed by atoms with Crippen molar-refractivity contribution in [3.05, 3.63) is 29.3 Å². The van der Waals surface area contributed by atoms with Crippen LogP contribution in [0.5, 0.6) is 5.75 Å². The van der Waals surface area contributed by atoms with Gasteiger partial charge in [0.15, 0.2) is 0 Å². The third kappa shape index (κ3) is 5.84. The smallest absolute Gasteiger partial charge is 0.122 e. The van der Waals surface area contributed by atoms with Crippen LogP contribution in [0.4, 0.5) is 0 Å². The summed E-state index contributed by atoms with van der Waals surface area (Å²) in [6.45, 7) is 9.42. The van der Waals surface area contributed by atoms with E-state index in [0.29, 0.717) is 5.92 Å². The maximum absolute atomic E-state index is 5.93. The Hall–Kier alpha value is -0.730. The van der Waals surface area contributed by atoms with Crippen molar-refractivity contribution in [2.45, 2.75) is 58.9 Å². The fourth-order valence-electron chi connectivity index (χ4n) is 2.00. The minimum Gasteiger partial charge on any atom is -0.493 e. The molecule has 2 unspecified atom stereocenters. The summed E-state index contributed by atoms with van der Waals surface area (Å²) in [6.07, 6.45) is 3.07. The van der Waals surface area contributed by atoms with Crippen LogP contribution in [0.1, 0.15) is 57.6 Å². The summed E-state index contributed by atoms with van der Waals surface area (Å²) in [7, 11) is 0. The average Bonchev–Trinajstić information content (AvgIpc) is 2.35. The van der Waals surface area contributed by atoms with Crippen LogP contribution in [-0.4, -0.2) is 12.6 Å². The van der Waals surface area contributed by atoms with E-state index in [0.717, 1.165) is 31.6 Å². The highest BCUT2D eigenvalue weighted by Crippen LogP contribution is 2.27. The van der Waals surface area contributed by atoms with Gasteiger partial charge in [-0.15, -0.1) is 12.4 Å². The lowest BCUT2D eigenvalue weighted by atomic mass is 9.94. The van der Waals surface area contributed by atoms with Crippen molar-refractivity contribution >= 4 is 12.4 Å². The zero-order chi connectivity index (χ0) is 13.5. The zero-order valence-corrected chi connectivity index (χ0v) is 13.4. The monoisotopic (exact) mass is 285 g/mol. The lowest BCUT2D eigenvalue weighted by Gasteiger charge is -2.16. The number of nitrogens with two attached hydrogens (primary N) is 1. The molecule has 2 nitrogen and oxygen atoms in total. The molecule has 3 heteroatoms. The van der Waals surface area contributed by atoms with E-state index in [2.05, 4.69) is 39.0 Å². The van der Waals surface area contributed by atoms with Gasteiger partial charge in [0, 0.05) is 6.04 Å². The van der Waals surface area contributed by atoms with Gasteiger partial charge in [0.05, 0.1) is 6.61 Å². The normalized spacial score (nSPS) is 13.5. The molecule has 0 saturated heterocycles. The molecule has 110 valence electrons. The van der Waals surface area contributed by atoms with Crippen LogP contribution in [0.2, 0.25) is 0 Å². The molecule has 0 bridgehead atoms. The van der Waals surface area contributed by atoms with Crippen molar-refractivity contribution in [3.63, 3.8) is 0 Å². The summed E-state index contributed by atoms with van der Waals surface area (Å²) in [5, 5.41) is 0. The molecular formula is C16H28ClNO. The summed E-state index contributed by atoms with van der Waals surface area (Å²) < 4.78 is 5.80. The lowest BCUT2D eigenvalue weighted by molar-refractivity contribution is 0.313. The molecule has 0 heterocycles. The van der Waals surface area contributed by atoms with E-state index >= 15 is 0 Å². The molecule has 0 aliphatic carbocycles. The lowest BCUT2D eigenvalue weighted by Crippen LogP contribution is -2.18. The van der Waals surface area contributed by atoms with Crippen molar-refractivity contribution in [2.24, 2.45) is 5.73 Å². The Kier molecular flexibility index (Phi) is 8.86. The summed E-state index contributed by atoms with van der Waals surface area (Å²) in [5.74, 6) is 1.60. The minimum absolute atomic E-state index is 0. The molecule has 1 rings (SSSR count). The van der Waals surface area contributed by atoms with E-state index < -0.39 is 0 Å². The summed E-state index contributed by atoms with van der Waals surface area (Å²) in [5.41, 5.74) is 8.56. The largest absolute Gasteiger partial charge is 0.493 e. The van der Waals surface area contributed by atoms with Gasteiger partial charge in [0.2, 0.25) is 0 Å². The molecule has 1 aromatic carbocycles. The fourth-order valence-corrected chi connectivity index (χ4v) is 2.00. The van der Waals surface area contributed by atoms with Gasteiger partial charge in [-0.1, -0.05) is 32.9 Å². The van der Waals surface area contributed by atoms with Crippen LogP contribution in [0.25, 0.3) is 0 Å². The SMILES string of the molecule is CCCOc1ccc(C(C)CC)cc1CC(C)N.Cl. The van der Waals surface area contributed by atoms with E-state index in [1.54, 1.807) is 0 Å². The topological polar surface area (TPSA) is 35.2 Å². The third-order valence-corrected chi connectivity index (χ3v) is 3.27. The van der Waals surface area contributed by atoms with Gasteiger partial charge in [0.25, 0.3) is 0 Å². The molecule has 0 saturated carbocycles. The first kappa shape index (κ1) is 18.3. The van der Waals surface area contributed by atoms with E-state index in [1.165, 1.54) is 11.1 Å². The van der Waals surface area contributed by atoms with Gasteiger partial charge in [0.1, 0.15) is 5.75 Å². The maximum atomic E-state index is 5.93. The quantitative estimate of drug-likeness (QED) is 0.811. The number of ether oxygens (including phenoxy) is 1. The van der Waals surface area contributed by atoms with E-state index in [9.17, 15) is 0 Å². The maximum Gasteiger partial charge on any atom is 0.122 e. The molecule has 0 radical (unpaired) electrons. The second-order valence-corrected chi connectivity index (χ2v) is 5.21. The molecule has 0 spiro atoms. The minimum atomic E-state index is 0. The highest BCUT2D eigenvalue weighted by molar-refractivity contribution is 5.85. The predicted molar refractivity (Wildman–Crippen MR) is 85.5 cm³/mol. The van der Waals surface area contributed by atoms with Crippen LogP contribution in [0, 0.1) is 0 Å². The van der Waals surface area contributed by atoms with E-state index in [4.69, 9.17) is 10.5 Å². The van der Waals surface area contributed by atoms with Crippen LogP contribution >= 0.6 is 12.4 Å². The van der Waals surface area contributed by atoms with Gasteiger partial charge in [-0.25, -0.2) is 0 Å². The number of hydrogen-bond donors (Lipinski definition) is 1. The molecule has 0 fully saturated rings. The van der Waals surface area contributed by atoms with Crippen LogP contribution < -0.4 is 10.5 Å². The number of rotatable bonds is 7. The number of halogens is 1. The van der Waals surface area contributed by atoms with Crippen molar-refractivity contribution in [2.75, 3.05) is 6.61 Å². The standard InChI is InChI=1S/C16H27NO.ClH/c1-5-9-18-16-8-7-14(12(3)6-2)11-15(16)10-13(4)17;/h7-8,11-13H,5-6,9-10,17H2,1-4H3;1H. The molecule has 0 aromatic heterocycles. The van der Waals surface area contributed by atoms with E-state index in [1.807, 2.05) is 6.92 Å². The Balaban J connectivity index is 0.00000324. The van der Waals surface area contributed by atoms with Crippen LogP contribution in [-0.2, 0) is 6.42 Å². The van der Waals surface area contributed by atoms with Gasteiger partial charge >= 0.3 is 0 Å². The van der Waals surface area contributed by atoms with Crippen molar-refractivity contribution in [3.8, 4) is 5.75 Å². The molecule has 0 amide bonds. The first-order valence-corrected chi connectivity index (χ1v) is 7.09. The molecule has 2 N–H and O–H groups in total. The third-order valence-electron chi connectivity index (χ3n) is 3.27. The number of hydrogen-bond acceptors (Lipinski definition) is 2. The summed E-state index contributed by atoms with van der Waals surface area (Å²) in [4.78, 5) is 0. The van der Waals surface area contributed by atoms with Crippen molar-refractivity contribution in [1.82, 2.24) is 0 Å². The molecule has 19 heavy (non-hydrogen) atoms. The first-order valence-electron chi connectivity index (χ1n) is 7.09.